The molecule has 14 nitrogen and oxygen atoms in total. The second kappa shape index (κ2) is 63.8. The molecule has 0 aromatic rings. The quantitative estimate of drug-likeness (QED) is 0.0204. The van der Waals surface area contributed by atoms with E-state index in [0.29, 0.717) is 12.8 Å². The molecular weight excluding hydrogens is 1180 g/mol. The molecule has 0 radical (unpaired) electrons. The monoisotopic (exact) mass is 1330 g/mol. The number of nitrogens with one attached hydrogen (secondary N) is 1. The highest BCUT2D eigenvalue weighted by molar-refractivity contribution is 5.76. The van der Waals surface area contributed by atoms with Crippen LogP contribution in [0.3, 0.4) is 0 Å². The van der Waals surface area contributed by atoms with Gasteiger partial charge in [0.15, 0.2) is 12.6 Å². The van der Waals surface area contributed by atoms with Gasteiger partial charge in [0.1, 0.15) is 48.8 Å². The van der Waals surface area contributed by atoms with Crippen LogP contribution in [0.25, 0.3) is 0 Å². The molecule has 12 unspecified atom stereocenters. The highest BCUT2D eigenvalue weighted by Gasteiger charge is 2.51. The molecule has 2 fully saturated rings. The lowest BCUT2D eigenvalue weighted by molar-refractivity contribution is -0.359. The smallest absolute Gasteiger partial charge is 0.220 e. The molecule has 2 heterocycles. The minimum Gasteiger partial charge on any atom is -0.394 e. The Morgan fingerprint density at radius 3 is 1.13 bits per heavy atom. The summed E-state index contributed by atoms with van der Waals surface area (Å²) in [5, 5.41) is 87.8. The molecule has 0 saturated carbocycles. The standard InChI is InChI=1S/C80H145NO13/c1-3-5-7-9-11-13-15-17-19-21-23-25-27-29-31-33-34-36-38-40-42-44-46-48-50-52-54-56-58-60-62-64-72(85)81-68(67-91-79-77(90)75(88)78(71(66-83)93-79)94-80-76(89)74(87)73(86)70(65-82)92-80)69(84)63-61-59-57-55-53-51-49-47-45-43-41-39-37-35-32-30-28-26-24-22-20-18-16-14-12-10-8-6-4-2/h5,7,11,13,17,19,23,25,29,31,34,36,68-71,73-80,82-84,86-90H,3-4,6,8-10,12,14-16,18,20-22,24,26-28,30,32-33,35,37-67H2,1-2H3,(H,81,85)/b7-5-,13-11-,19-17-,25-23-,31-29-,36-34-. The number of unbranched alkanes of at least 4 members (excludes halogenated alkanes) is 40. The van der Waals surface area contributed by atoms with Gasteiger partial charge in [-0.05, 0) is 64.2 Å². The highest BCUT2D eigenvalue weighted by Crippen LogP contribution is 2.30. The van der Waals surface area contributed by atoms with Crippen LogP contribution < -0.4 is 5.32 Å². The Labute approximate surface area is 574 Å². The van der Waals surface area contributed by atoms with Gasteiger partial charge in [0, 0.05) is 6.42 Å². The zero-order chi connectivity index (χ0) is 68.0. The predicted molar refractivity (Wildman–Crippen MR) is 387 cm³/mol. The van der Waals surface area contributed by atoms with Gasteiger partial charge in [-0.15, -0.1) is 0 Å². The molecule has 0 bridgehead atoms. The average molecular weight is 1330 g/mol. The molecule has 0 aromatic heterocycles. The fraction of sp³-hybridized carbons (Fsp3) is 0.838. The average Bonchev–Trinajstić information content (AvgIpc) is 0.794. The number of amides is 1. The van der Waals surface area contributed by atoms with Crippen molar-refractivity contribution in [2.75, 3.05) is 19.8 Å². The molecule has 2 saturated heterocycles. The molecule has 548 valence electrons. The van der Waals surface area contributed by atoms with Crippen LogP contribution in [0.5, 0.6) is 0 Å². The van der Waals surface area contributed by atoms with E-state index in [2.05, 4.69) is 92.1 Å². The maximum atomic E-state index is 13.4. The minimum atomic E-state index is -1.79. The van der Waals surface area contributed by atoms with E-state index in [4.69, 9.17) is 18.9 Å². The summed E-state index contributed by atoms with van der Waals surface area (Å²) in [5.74, 6) is -0.207. The molecule has 1 amide bonds. The van der Waals surface area contributed by atoms with Crippen LogP contribution in [-0.2, 0) is 23.7 Å². The summed E-state index contributed by atoms with van der Waals surface area (Å²) in [7, 11) is 0. The van der Waals surface area contributed by atoms with E-state index in [1.807, 2.05) is 0 Å². The number of allylic oxidation sites excluding steroid dienone is 12. The van der Waals surface area contributed by atoms with Crippen LogP contribution in [0.2, 0.25) is 0 Å². The molecule has 9 N–H and O–H groups in total. The summed E-state index contributed by atoms with van der Waals surface area (Å²) < 4.78 is 23.0. The summed E-state index contributed by atoms with van der Waals surface area (Å²) in [5.41, 5.74) is 0. The number of carbonyl (C=O) groups is 1. The van der Waals surface area contributed by atoms with Gasteiger partial charge in [-0.25, -0.2) is 0 Å². The first kappa shape index (κ1) is 87.5. The van der Waals surface area contributed by atoms with Crippen LogP contribution in [-0.4, -0.2) is 140 Å². The molecule has 2 aliphatic rings. The molecule has 94 heavy (non-hydrogen) atoms. The van der Waals surface area contributed by atoms with Crippen molar-refractivity contribution < 1.29 is 64.6 Å². The molecule has 0 spiro atoms. The Balaban J connectivity index is 1.63. The van der Waals surface area contributed by atoms with E-state index in [9.17, 15) is 45.6 Å². The van der Waals surface area contributed by atoms with E-state index >= 15 is 0 Å². The van der Waals surface area contributed by atoms with Gasteiger partial charge in [0.25, 0.3) is 0 Å². The van der Waals surface area contributed by atoms with E-state index in [1.165, 1.54) is 212 Å². The normalized spacial score (nSPS) is 22.8. The van der Waals surface area contributed by atoms with Crippen LogP contribution in [0, 0.1) is 0 Å². The number of carbonyl (C=O) groups excluding carboxylic acids is 1. The van der Waals surface area contributed by atoms with Gasteiger partial charge in [0.2, 0.25) is 5.91 Å². The van der Waals surface area contributed by atoms with E-state index in [0.717, 1.165) is 96.3 Å². The summed E-state index contributed by atoms with van der Waals surface area (Å²) in [4.78, 5) is 13.4. The van der Waals surface area contributed by atoms with Gasteiger partial charge in [-0.2, -0.15) is 0 Å². The fourth-order valence-electron chi connectivity index (χ4n) is 12.8. The minimum absolute atomic E-state index is 0.207. The number of aliphatic hydroxyl groups excluding tert-OH is 8. The lowest BCUT2D eigenvalue weighted by Gasteiger charge is -2.46. The third-order valence-electron chi connectivity index (χ3n) is 18.9. The largest absolute Gasteiger partial charge is 0.394 e. The predicted octanol–water partition coefficient (Wildman–Crippen LogP) is 17.4. The molecule has 2 aliphatic heterocycles. The molecule has 12 atom stereocenters. The highest BCUT2D eigenvalue weighted by atomic mass is 16.7. The van der Waals surface area contributed by atoms with Crippen molar-refractivity contribution in [2.45, 2.75) is 408 Å². The topological polar surface area (TPSA) is 228 Å². The first-order chi connectivity index (χ1) is 46.1. The van der Waals surface area contributed by atoms with Crippen LogP contribution in [0.1, 0.15) is 335 Å². The van der Waals surface area contributed by atoms with Crippen molar-refractivity contribution in [3.63, 3.8) is 0 Å². The second-order valence-corrected chi connectivity index (χ2v) is 27.5. The second-order valence-electron chi connectivity index (χ2n) is 27.5. The molecule has 0 aliphatic carbocycles. The van der Waals surface area contributed by atoms with Crippen molar-refractivity contribution >= 4 is 5.91 Å². The van der Waals surface area contributed by atoms with Gasteiger partial charge >= 0.3 is 0 Å². The molecule has 14 heteroatoms. The van der Waals surface area contributed by atoms with Gasteiger partial charge in [-0.3, -0.25) is 4.79 Å². The SMILES string of the molecule is CC/C=C\C/C=C\C/C=C\C/C=C\C/C=C\C/C=C\CCCCCCCCCCCCCCC(=O)NC(COC1OC(CO)C(OC2OC(CO)C(O)C(O)C2O)C(O)C1O)C(O)CCCCCCCCCCCCCCCCCCCCCCCCCCCCCCC. The number of hydrogen-bond acceptors (Lipinski definition) is 13. The van der Waals surface area contributed by atoms with Crippen molar-refractivity contribution in [1.82, 2.24) is 5.32 Å². The maximum Gasteiger partial charge on any atom is 0.220 e. The molecular formula is C80H145NO13. The van der Waals surface area contributed by atoms with E-state index in [1.54, 1.807) is 0 Å². The molecule has 2 rings (SSSR count). The number of rotatable bonds is 65. The first-order valence-electron chi connectivity index (χ1n) is 39.2. The number of aliphatic hydroxyl groups is 8. The summed E-state index contributed by atoms with van der Waals surface area (Å²) in [6.07, 6.45) is 70.7. The third kappa shape index (κ3) is 46.7. The Bertz CT molecular complexity index is 1860. The van der Waals surface area contributed by atoms with Crippen molar-refractivity contribution in [1.29, 1.82) is 0 Å². The zero-order valence-corrected chi connectivity index (χ0v) is 60.0. The van der Waals surface area contributed by atoms with Crippen LogP contribution in [0.4, 0.5) is 0 Å². The number of hydrogen-bond donors (Lipinski definition) is 9. The first-order valence-corrected chi connectivity index (χ1v) is 39.2. The van der Waals surface area contributed by atoms with Crippen LogP contribution in [0.15, 0.2) is 72.9 Å². The lowest BCUT2D eigenvalue weighted by atomic mass is 9.97. The summed E-state index contributed by atoms with van der Waals surface area (Å²) >= 11 is 0. The Hall–Kier alpha value is -2.57. The maximum absolute atomic E-state index is 13.4. The number of ether oxygens (including phenoxy) is 4. The summed E-state index contributed by atoms with van der Waals surface area (Å²) in [6.45, 7) is 2.79. The Morgan fingerprint density at radius 2 is 0.734 bits per heavy atom. The van der Waals surface area contributed by atoms with Gasteiger partial charge in [0.05, 0.1) is 32.0 Å². The summed E-state index contributed by atoms with van der Waals surface area (Å²) in [6, 6.07) is -0.836. The van der Waals surface area contributed by atoms with Crippen molar-refractivity contribution in [3.05, 3.63) is 72.9 Å². The zero-order valence-electron chi connectivity index (χ0n) is 60.0. The Kier molecular flexibility index (Phi) is 59.4. The van der Waals surface area contributed by atoms with Crippen LogP contribution >= 0.6 is 0 Å². The van der Waals surface area contributed by atoms with Crippen molar-refractivity contribution in [3.8, 4) is 0 Å². The van der Waals surface area contributed by atoms with Gasteiger partial charge in [-0.1, -0.05) is 337 Å². The Morgan fingerprint density at radius 1 is 0.394 bits per heavy atom. The van der Waals surface area contributed by atoms with E-state index < -0.39 is 86.8 Å². The van der Waals surface area contributed by atoms with E-state index in [-0.39, 0.29) is 12.5 Å². The molecule has 0 aromatic carbocycles. The van der Waals surface area contributed by atoms with Crippen molar-refractivity contribution in [2.24, 2.45) is 0 Å². The lowest BCUT2D eigenvalue weighted by Crippen LogP contribution is -2.65. The third-order valence-corrected chi connectivity index (χ3v) is 18.9. The fourth-order valence-corrected chi connectivity index (χ4v) is 12.8. The van der Waals surface area contributed by atoms with Gasteiger partial charge < -0.3 is 65.1 Å².